The maximum atomic E-state index is 10.7. The molecule has 86 valence electrons. The van der Waals surface area contributed by atoms with Gasteiger partial charge in [0.1, 0.15) is 0 Å². The highest BCUT2D eigenvalue weighted by Gasteiger charge is 2.12. The number of ether oxygens (including phenoxy) is 2. The lowest BCUT2D eigenvalue weighted by atomic mass is 10.2. The average Bonchev–Trinajstić information content (AvgIpc) is 2.94. The van der Waals surface area contributed by atoms with Crippen LogP contribution in [0.3, 0.4) is 0 Å². The van der Waals surface area contributed by atoms with Crippen LogP contribution in [0, 0.1) is 0 Å². The fraction of sp³-hybridized carbons (Fsp3) is 0.0909. The maximum Gasteiger partial charge on any atom is 0.434 e. The first-order chi connectivity index (χ1) is 8.31. The highest BCUT2D eigenvalue weighted by Crippen LogP contribution is 2.32. The van der Waals surface area contributed by atoms with Crippen LogP contribution < -0.4 is 15.2 Å². The summed E-state index contributed by atoms with van der Waals surface area (Å²) < 4.78 is 15.2. The molecular formula is C11H8N2O4. The van der Waals surface area contributed by atoms with E-state index in [1.165, 1.54) is 0 Å². The standard InChI is InChI=1S/C11H8N2O4/c14-11-13-12-10(17-11)4-2-7-1-3-8-9(5-7)16-6-15-8/h1-5H,6H2,(H,13,14)/b4-2+. The zero-order valence-electron chi connectivity index (χ0n) is 8.67. The van der Waals surface area contributed by atoms with Crippen molar-refractivity contribution in [3.63, 3.8) is 0 Å². The van der Waals surface area contributed by atoms with E-state index in [0.29, 0.717) is 5.75 Å². The Morgan fingerprint density at radius 3 is 2.94 bits per heavy atom. The van der Waals surface area contributed by atoms with Crippen LogP contribution in [-0.2, 0) is 0 Å². The van der Waals surface area contributed by atoms with Crippen molar-refractivity contribution in [2.24, 2.45) is 0 Å². The summed E-state index contributed by atoms with van der Waals surface area (Å²) in [6.45, 7) is 0.247. The topological polar surface area (TPSA) is 77.4 Å². The summed E-state index contributed by atoms with van der Waals surface area (Å²) in [5.74, 6) is 1.09. The molecule has 17 heavy (non-hydrogen) atoms. The highest BCUT2D eigenvalue weighted by molar-refractivity contribution is 5.67. The summed E-state index contributed by atoms with van der Waals surface area (Å²) in [7, 11) is 0. The van der Waals surface area contributed by atoms with Gasteiger partial charge in [0, 0.05) is 6.08 Å². The van der Waals surface area contributed by atoms with E-state index in [-0.39, 0.29) is 12.7 Å². The van der Waals surface area contributed by atoms with E-state index in [0.717, 1.165) is 11.3 Å². The number of rotatable bonds is 2. The number of nitrogens with one attached hydrogen (secondary N) is 1. The van der Waals surface area contributed by atoms with Crippen molar-refractivity contribution in [2.75, 3.05) is 6.79 Å². The van der Waals surface area contributed by atoms with Crippen LogP contribution in [-0.4, -0.2) is 17.0 Å². The maximum absolute atomic E-state index is 10.7. The van der Waals surface area contributed by atoms with Crippen LogP contribution in [0.4, 0.5) is 0 Å². The van der Waals surface area contributed by atoms with E-state index in [2.05, 4.69) is 10.2 Å². The molecule has 1 aliphatic rings. The molecule has 3 rings (SSSR count). The van der Waals surface area contributed by atoms with Gasteiger partial charge in [-0.3, -0.25) is 0 Å². The van der Waals surface area contributed by atoms with E-state index in [1.54, 1.807) is 12.2 Å². The minimum absolute atomic E-state index is 0.229. The molecule has 0 bridgehead atoms. The highest BCUT2D eigenvalue weighted by atomic mass is 16.7. The minimum Gasteiger partial charge on any atom is -0.454 e. The number of aromatic amines is 1. The fourth-order valence-corrected chi connectivity index (χ4v) is 1.50. The fourth-order valence-electron chi connectivity index (χ4n) is 1.50. The van der Waals surface area contributed by atoms with Crippen molar-refractivity contribution in [3.05, 3.63) is 40.2 Å². The molecule has 0 unspecified atom stereocenters. The number of fused-ring (bicyclic) bond motifs is 1. The average molecular weight is 232 g/mol. The SMILES string of the molecule is O=c1[nH]nc(/C=C/c2ccc3c(c2)OCO3)o1. The Bertz CT molecular complexity index is 626. The number of hydrogen-bond donors (Lipinski definition) is 1. The molecule has 0 saturated heterocycles. The van der Waals surface area contributed by atoms with Crippen molar-refractivity contribution in [2.45, 2.75) is 0 Å². The van der Waals surface area contributed by atoms with Gasteiger partial charge in [-0.05, 0) is 23.8 Å². The first-order valence-electron chi connectivity index (χ1n) is 4.94. The first-order valence-corrected chi connectivity index (χ1v) is 4.94. The van der Waals surface area contributed by atoms with Gasteiger partial charge in [0.05, 0.1) is 0 Å². The van der Waals surface area contributed by atoms with Gasteiger partial charge in [-0.2, -0.15) is 0 Å². The van der Waals surface area contributed by atoms with Gasteiger partial charge in [-0.25, -0.2) is 9.89 Å². The number of aromatic nitrogens is 2. The second kappa shape index (κ2) is 3.82. The Hall–Kier alpha value is -2.50. The molecule has 0 fully saturated rings. The largest absolute Gasteiger partial charge is 0.454 e. The van der Waals surface area contributed by atoms with Crippen LogP contribution in [0.5, 0.6) is 11.5 Å². The van der Waals surface area contributed by atoms with Crippen LogP contribution in [0.2, 0.25) is 0 Å². The smallest absolute Gasteiger partial charge is 0.434 e. The van der Waals surface area contributed by atoms with Gasteiger partial charge in [0.25, 0.3) is 0 Å². The molecule has 1 aliphatic heterocycles. The molecule has 1 aromatic carbocycles. The third-order valence-corrected chi connectivity index (χ3v) is 2.27. The Morgan fingerprint density at radius 2 is 2.12 bits per heavy atom. The van der Waals surface area contributed by atoms with E-state index >= 15 is 0 Å². The third kappa shape index (κ3) is 1.92. The molecular weight excluding hydrogens is 224 g/mol. The number of benzene rings is 1. The summed E-state index contributed by atoms with van der Waals surface area (Å²) in [6.07, 6.45) is 3.36. The molecule has 0 atom stereocenters. The van der Waals surface area contributed by atoms with Crippen molar-refractivity contribution in [1.82, 2.24) is 10.2 Å². The van der Waals surface area contributed by atoms with Gasteiger partial charge < -0.3 is 13.9 Å². The van der Waals surface area contributed by atoms with Crippen molar-refractivity contribution < 1.29 is 13.9 Å². The predicted octanol–water partition coefficient (Wildman–Crippen LogP) is 1.26. The van der Waals surface area contributed by atoms with E-state index in [9.17, 15) is 4.79 Å². The quantitative estimate of drug-likeness (QED) is 0.843. The normalized spacial score (nSPS) is 13.4. The zero-order valence-corrected chi connectivity index (χ0v) is 8.67. The zero-order chi connectivity index (χ0) is 11.7. The van der Waals surface area contributed by atoms with Crippen LogP contribution in [0.15, 0.2) is 27.4 Å². The van der Waals surface area contributed by atoms with Crippen molar-refractivity contribution in [3.8, 4) is 11.5 Å². The second-order valence-electron chi connectivity index (χ2n) is 3.40. The summed E-state index contributed by atoms with van der Waals surface area (Å²) in [5, 5.41) is 5.83. The van der Waals surface area contributed by atoms with Gasteiger partial charge in [-0.15, -0.1) is 5.10 Å². The van der Waals surface area contributed by atoms with Crippen molar-refractivity contribution in [1.29, 1.82) is 0 Å². The molecule has 0 radical (unpaired) electrons. The molecule has 0 aliphatic carbocycles. The lowest BCUT2D eigenvalue weighted by Gasteiger charge is -1.96. The molecule has 6 nitrogen and oxygen atoms in total. The van der Waals surface area contributed by atoms with Gasteiger partial charge >= 0.3 is 5.76 Å². The molecule has 6 heteroatoms. The van der Waals surface area contributed by atoms with E-state index < -0.39 is 5.76 Å². The molecule has 0 saturated carbocycles. The van der Waals surface area contributed by atoms with Gasteiger partial charge in [0.15, 0.2) is 11.5 Å². The Kier molecular flexibility index (Phi) is 2.18. The number of hydrogen-bond acceptors (Lipinski definition) is 5. The van der Waals surface area contributed by atoms with Gasteiger partial charge in [0.2, 0.25) is 12.7 Å². The third-order valence-electron chi connectivity index (χ3n) is 2.27. The molecule has 0 spiro atoms. The Morgan fingerprint density at radius 1 is 1.24 bits per heavy atom. The summed E-state index contributed by atoms with van der Waals surface area (Å²) in [4.78, 5) is 10.7. The van der Waals surface area contributed by atoms with Gasteiger partial charge in [-0.1, -0.05) is 6.07 Å². The Labute approximate surface area is 95.5 Å². The number of nitrogens with zero attached hydrogens (tertiary/aromatic N) is 1. The first kappa shape index (κ1) is 9.71. The molecule has 2 aromatic rings. The Balaban J connectivity index is 1.86. The lowest BCUT2D eigenvalue weighted by Crippen LogP contribution is -1.93. The molecule has 0 amide bonds. The predicted molar refractivity (Wildman–Crippen MR) is 58.6 cm³/mol. The second-order valence-corrected chi connectivity index (χ2v) is 3.40. The molecule has 2 heterocycles. The summed E-state index contributed by atoms with van der Waals surface area (Å²) >= 11 is 0. The van der Waals surface area contributed by atoms with Crippen LogP contribution >= 0.6 is 0 Å². The number of H-pyrrole nitrogens is 1. The van der Waals surface area contributed by atoms with Crippen molar-refractivity contribution >= 4 is 12.2 Å². The minimum atomic E-state index is -0.574. The molecule has 1 N–H and O–H groups in total. The lowest BCUT2D eigenvalue weighted by molar-refractivity contribution is 0.174. The van der Waals surface area contributed by atoms with E-state index in [1.807, 2.05) is 18.2 Å². The van der Waals surface area contributed by atoms with Crippen LogP contribution in [0.25, 0.3) is 12.2 Å². The monoisotopic (exact) mass is 232 g/mol. The van der Waals surface area contributed by atoms with E-state index in [4.69, 9.17) is 13.9 Å². The van der Waals surface area contributed by atoms with Crippen LogP contribution in [0.1, 0.15) is 11.5 Å². The molecule has 1 aromatic heterocycles. The summed E-state index contributed by atoms with van der Waals surface area (Å²) in [6, 6.07) is 5.53. The summed E-state index contributed by atoms with van der Waals surface area (Å²) in [5.41, 5.74) is 0.903.